The van der Waals surface area contributed by atoms with E-state index >= 15 is 0 Å². The molecule has 5 atom stereocenters. The molecule has 162 valence electrons. The van der Waals surface area contributed by atoms with Gasteiger partial charge in [0.15, 0.2) is 6.23 Å². The average molecular weight is 444 g/mol. The quantitative estimate of drug-likeness (QED) is 0.409. The number of nitrogen functional groups attached to an aromatic ring is 1. The van der Waals surface area contributed by atoms with Gasteiger partial charge in [0.2, 0.25) is 0 Å². The molecule has 31 heavy (non-hydrogen) atoms. The number of aromatic nitrogens is 1. The molecule has 0 unspecified atom stereocenters. The zero-order chi connectivity index (χ0) is 22.9. The average Bonchev–Trinajstić information content (AvgIpc) is 2.78. The Bertz CT molecular complexity index is 1120. The van der Waals surface area contributed by atoms with Gasteiger partial charge in [-0.15, -0.1) is 0 Å². The smallest absolute Gasteiger partial charge is 0.165 e. The van der Waals surface area contributed by atoms with E-state index in [2.05, 4.69) is 0 Å². The molecule has 1 saturated heterocycles. The molecule has 0 radical (unpaired) electrons. The van der Waals surface area contributed by atoms with Crippen LogP contribution in [0, 0.1) is 27.3 Å². The van der Waals surface area contributed by atoms with Crippen LogP contribution in [0.2, 0.25) is 0 Å². The summed E-state index contributed by atoms with van der Waals surface area (Å²) >= 11 is 5.43. The second-order valence-electron chi connectivity index (χ2n) is 6.86. The summed E-state index contributed by atoms with van der Waals surface area (Å²) in [5, 5.41) is 59.7. The number of aliphatic hydroxyl groups excluding tert-OH is 4. The van der Waals surface area contributed by atoms with Crippen LogP contribution in [0.5, 0.6) is 5.75 Å². The first-order valence-corrected chi connectivity index (χ1v) is 9.54. The lowest BCUT2D eigenvalue weighted by molar-refractivity contribution is -0.251. The summed E-state index contributed by atoms with van der Waals surface area (Å²) in [7, 11) is 1.50. The van der Waals surface area contributed by atoms with Gasteiger partial charge in [-0.25, -0.2) is 0 Å². The molecular weight excluding hydrogens is 424 g/mol. The third-order valence-corrected chi connectivity index (χ3v) is 5.57. The number of nitrogens with zero attached hydrogens (tertiary/aromatic N) is 3. The van der Waals surface area contributed by atoms with Gasteiger partial charge in [-0.3, -0.25) is 4.57 Å². The van der Waals surface area contributed by atoms with Gasteiger partial charge >= 0.3 is 0 Å². The van der Waals surface area contributed by atoms with Crippen LogP contribution in [0.4, 0.5) is 5.82 Å². The molecule has 0 saturated carbocycles. The van der Waals surface area contributed by atoms with Gasteiger partial charge < -0.3 is 35.6 Å². The summed E-state index contributed by atoms with van der Waals surface area (Å²) in [5.74, 6) is 0.362. The van der Waals surface area contributed by atoms with Crippen LogP contribution in [-0.4, -0.2) is 63.1 Å². The highest BCUT2D eigenvalue weighted by atomic mass is 32.1. The highest BCUT2D eigenvalue weighted by Gasteiger charge is 2.45. The number of methoxy groups -OCH3 is 1. The Labute approximate surface area is 182 Å². The Morgan fingerprint density at radius 2 is 1.71 bits per heavy atom. The highest BCUT2D eigenvalue weighted by Crippen LogP contribution is 2.37. The monoisotopic (exact) mass is 444 g/mol. The maximum atomic E-state index is 10.5. The molecule has 3 rings (SSSR count). The maximum absolute atomic E-state index is 10.5. The topological polar surface area (TPSA) is 178 Å². The van der Waals surface area contributed by atoms with Crippen molar-refractivity contribution in [1.29, 1.82) is 10.5 Å². The molecule has 1 aliphatic rings. The van der Waals surface area contributed by atoms with E-state index in [4.69, 9.17) is 27.4 Å². The highest BCUT2D eigenvalue weighted by molar-refractivity contribution is 7.71. The number of aliphatic hydroxyl groups is 4. The third-order valence-electron chi connectivity index (χ3n) is 5.17. The normalized spacial score (nSPS) is 25.5. The number of rotatable bonds is 4. The van der Waals surface area contributed by atoms with Crippen molar-refractivity contribution in [3.05, 3.63) is 40.0 Å². The van der Waals surface area contributed by atoms with Gasteiger partial charge in [0.1, 0.15) is 58.3 Å². The molecule has 0 amide bonds. The number of nitrogens with two attached hydrogens (primary N) is 1. The van der Waals surface area contributed by atoms with E-state index in [1.165, 1.54) is 7.11 Å². The van der Waals surface area contributed by atoms with Crippen molar-refractivity contribution in [2.75, 3.05) is 19.5 Å². The summed E-state index contributed by atoms with van der Waals surface area (Å²) in [6, 6.07) is 10.5. The molecule has 2 aromatic rings. The lowest BCUT2D eigenvalue weighted by atomic mass is 9.95. The lowest BCUT2D eigenvalue weighted by Gasteiger charge is -2.41. The second-order valence-corrected chi connectivity index (χ2v) is 7.24. The Hall–Kier alpha value is -3.03. The van der Waals surface area contributed by atoms with E-state index in [0.29, 0.717) is 11.3 Å². The standard InChI is InChI=1S/C20H20N4O6S/c1-29-10-4-2-9(3-5-10)14-11(6-21)18(23)24(20(31)12(14)7-22)19-17(28)16(27)15(26)13(8-25)30-19/h2-5,13,15-17,19,25-28H,8,23H2,1H3/t13-,15+,16+,17+,19+/m0/s1. The number of ether oxygens (including phenoxy) is 2. The van der Waals surface area contributed by atoms with Crippen LogP contribution in [0.15, 0.2) is 24.3 Å². The molecule has 1 fully saturated rings. The zero-order valence-corrected chi connectivity index (χ0v) is 17.2. The summed E-state index contributed by atoms with van der Waals surface area (Å²) in [6.45, 7) is -0.658. The first kappa shape index (κ1) is 22.7. The Kier molecular flexibility index (Phi) is 6.57. The molecule has 2 heterocycles. The minimum Gasteiger partial charge on any atom is -0.497 e. The predicted octanol–water partition coefficient (Wildman–Crippen LogP) is 0.191. The van der Waals surface area contributed by atoms with Crippen molar-refractivity contribution in [3.63, 3.8) is 0 Å². The SMILES string of the molecule is COc1ccc(-c2c(C#N)c(N)n([C@@H]3O[C@@H](CO)[C@@H](O)[C@@H](O)[C@H]3O)c(=S)c2C#N)cc1. The molecule has 1 aromatic carbocycles. The molecule has 0 spiro atoms. The third kappa shape index (κ3) is 3.75. The lowest BCUT2D eigenvalue weighted by Crippen LogP contribution is -2.56. The van der Waals surface area contributed by atoms with Gasteiger partial charge in [0.25, 0.3) is 0 Å². The fourth-order valence-electron chi connectivity index (χ4n) is 3.52. The van der Waals surface area contributed by atoms with Crippen LogP contribution >= 0.6 is 12.2 Å². The number of anilines is 1. The van der Waals surface area contributed by atoms with Crippen molar-refractivity contribution >= 4 is 18.0 Å². The van der Waals surface area contributed by atoms with Crippen molar-refractivity contribution in [3.8, 4) is 29.0 Å². The van der Waals surface area contributed by atoms with Crippen LogP contribution < -0.4 is 10.5 Å². The van der Waals surface area contributed by atoms with Crippen molar-refractivity contribution in [2.45, 2.75) is 30.6 Å². The van der Waals surface area contributed by atoms with E-state index < -0.39 is 37.3 Å². The molecule has 6 N–H and O–H groups in total. The summed E-state index contributed by atoms with van der Waals surface area (Å²) < 4.78 is 11.6. The number of hydrogen-bond acceptors (Lipinski definition) is 10. The Morgan fingerprint density at radius 3 is 2.23 bits per heavy atom. The molecule has 10 nitrogen and oxygen atoms in total. The fourth-order valence-corrected chi connectivity index (χ4v) is 3.87. The number of benzene rings is 1. The minimum atomic E-state index is -1.70. The van der Waals surface area contributed by atoms with Crippen LogP contribution in [-0.2, 0) is 4.74 Å². The van der Waals surface area contributed by atoms with Crippen LogP contribution in [0.1, 0.15) is 17.4 Å². The molecule has 1 aromatic heterocycles. The maximum Gasteiger partial charge on any atom is 0.165 e. The van der Waals surface area contributed by atoms with E-state index in [9.17, 15) is 30.9 Å². The first-order valence-electron chi connectivity index (χ1n) is 9.13. The second kappa shape index (κ2) is 8.99. The minimum absolute atomic E-state index is 0.0668. The van der Waals surface area contributed by atoms with Gasteiger partial charge in [-0.2, -0.15) is 10.5 Å². The van der Waals surface area contributed by atoms with Gasteiger partial charge in [0.05, 0.1) is 19.3 Å². The molecule has 0 bridgehead atoms. The fraction of sp³-hybridized carbons (Fsp3) is 0.350. The zero-order valence-electron chi connectivity index (χ0n) is 16.3. The molecule has 1 aliphatic heterocycles. The molecule has 0 aliphatic carbocycles. The van der Waals surface area contributed by atoms with Crippen molar-refractivity contribution < 1.29 is 29.9 Å². The van der Waals surface area contributed by atoms with E-state index in [1.54, 1.807) is 24.3 Å². The number of pyridine rings is 1. The summed E-state index contributed by atoms with van der Waals surface area (Å²) in [4.78, 5) is 0. The molecular formula is C20H20N4O6S. The Morgan fingerprint density at radius 1 is 1.10 bits per heavy atom. The van der Waals surface area contributed by atoms with Crippen LogP contribution in [0.25, 0.3) is 11.1 Å². The van der Waals surface area contributed by atoms with Crippen LogP contribution in [0.3, 0.4) is 0 Å². The van der Waals surface area contributed by atoms with Crippen molar-refractivity contribution in [2.24, 2.45) is 0 Å². The van der Waals surface area contributed by atoms with Gasteiger partial charge in [0, 0.05) is 5.56 Å². The van der Waals surface area contributed by atoms with Gasteiger partial charge in [-0.1, -0.05) is 24.4 Å². The first-order chi connectivity index (χ1) is 14.8. The van der Waals surface area contributed by atoms with E-state index in [-0.39, 0.29) is 27.1 Å². The van der Waals surface area contributed by atoms with Gasteiger partial charge in [-0.05, 0) is 17.7 Å². The Balaban J connectivity index is 2.26. The number of nitriles is 2. The van der Waals surface area contributed by atoms with Crippen molar-refractivity contribution in [1.82, 2.24) is 4.57 Å². The molecule has 11 heteroatoms. The largest absolute Gasteiger partial charge is 0.497 e. The number of hydrogen-bond donors (Lipinski definition) is 5. The van der Waals surface area contributed by atoms with E-state index in [0.717, 1.165) is 4.57 Å². The predicted molar refractivity (Wildman–Crippen MR) is 110 cm³/mol. The summed E-state index contributed by atoms with van der Waals surface area (Å²) in [5.41, 5.74) is 6.76. The summed E-state index contributed by atoms with van der Waals surface area (Å²) in [6.07, 6.45) is -7.64. The van der Waals surface area contributed by atoms with E-state index in [1.807, 2.05) is 12.1 Å².